The summed E-state index contributed by atoms with van der Waals surface area (Å²) in [4.78, 5) is 12.0. The van der Waals surface area contributed by atoms with E-state index < -0.39 is 0 Å². The third-order valence-electron chi connectivity index (χ3n) is 1.75. The Labute approximate surface area is 89.7 Å². The van der Waals surface area contributed by atoms with Crippen LogP contribution in [0.25, 0.3) is 10.1 Å². The van der Waals surface area contributed by atoms with Gasteiger partial charge in [-0.15, -0.1) is 24.0 Å². The molecule has 0 bridgehead atoms. The maximum absolute atomic E-state index is 10.5. The Balaban J connectivity index is 2.83. The highest BCUT2D eigenvalue weighted by Gasteiger charge is 2.06. The van der Waals surface area contributed by atoms with E-state index in [1.165, 1.54) is 11.3 Å². The van der Waals surface area contributed by atoms with Crippen molar-refractivity contribution in [1.82, 2.24) is 0 Å². The average Bonchev–Trinajstić information content (AvgIpc) is 2.55. The number of carbonyl (C=O) groups excluding carboxylic acids is 1. The van der Waals surface area contributed by atoms with Crippen molar-refractivity contribution in [1.29, 1.82) is 0 Å². The van der Waals surface area contributed by atoms with Gasteiger partial charge in [-0.2, -0.15) is 0 Å². The molecule has 0 saturated carbocycles. The number of fused-ring (bicyclic) bond motifs is 1. The van der Waals surface area contributed by atoms with Crippen molar-refractivity contribution in [3.63, 3.8) is 0 Å². The molecular weight excluding hydrogens is 224 g/mol. The van der Waals surface area contributed by atoms with Crippen LogP contribution in [0, 0.1) is 0 Å². The maximum atomic E-state index is 10.5. The lowest BCUT2D eigenvalue weighted by Crippen LogP contribution is -1.68. The van der Waals surface area contributed by atoms with Gasteiger partial charge in [0, 0.05) is 9.60 Å². The van der Waals surface area contributed by atoms with E-state index >= 15 is 0 Å². The van der Waals surface area contributed by atoms with Crippen LogP contribution in [0.2, 0.25) is 5.02 Å². The van der Waals surface area contributed by atoms with Gasteiger partial charge in [-0.1, -0.05) is 17.7 Å². The lowest BCUT2D eigenvalue weighted by molar-refractivity contribution is 0.112. The summed E-state index contributed by atoms with van der Waals surface area (Å²) in [6.45, 7) is 0. The third kappa shape index (κ3) is 1.47. The van der Waals surface area contributed by atoms with E-state index in [-0.39, 0.29) is 0 Å². The first-order valence-corrected chi connectivity index (χ1v) is 5.22. The molecular formula is C9H5ClOS2. The van der Waals surface area contributed by atoms with Gasteiger partial charge in [-0.05, 0) is 17.5 Å². The summed E-state index contributed by atoms with van der Waals surface area (Å²) in [5, 5.41) is 1.64. The van der Waals surface area contributed by atoms with Crippen molar-refractivity contribution < 1.29 is 4.79 Å². The summed E-state index contributed by atoms with van der Waals surface area (Å²) in [6.07, 6.45) is 0.839. The number of halogens is 1. The van der Waals surface area contributed by atoms with Crippen LogP contribution in [-0.4, -0.2) is 6.29 Å². The number of carbonyl (C=O) groups is 1. The van der Waals surface area contributed by atoms with Crippen molar-refractivity contribution in [2.45, 2.75) is 4.90 Å². The predicted molar refractivity (Wildman–Crippen MR) is 59.5 cm³/mol. The lowest BCUT2D eigenvalue weighted by atomic mass is 10.2. The number of thiophene rings is 1. The van der Waals surface area contributed by atoms with Gasteiger partial charge in [0.1, 0.15) is 0 Å². The molecule has 0 aliphatic rings. The van der Waals surface area contributed by atoms with Crippen LogP contribution in [0.1, 0.15) is 9.67 Å². The second-order valence-corrected chi connectivity index (χ2v) is 4.52. The zero-order chi connectivity index (χ0) is 9.42. The molecule has 2 rings (SSSR count). The zero-order valence-corrected chi connectivity index (χ0v) is 8.92. The van der Waals surface area contributed by atoms with Crippen molar-refractivity contribution in [2.24, 2.45) is 0 Å². The fraction of sp³-hybridized carbons (Fsp3) is 0. The molecule has 0 unspecified atom stereocenters. The normalized spacial score (nSPS) is 10.6. The summed E-state index contributed by atoms with van der Waals surface area (Å²) in [6, 6.07) is 5.51. The van der Waals surface area contributed by atoms with Gasteiger partial charge in [-0.3, -0.25) is 4.79 Å². The second kappa shape index (κ2) is 3.33. The van der Waals surface area contributed by atoms with E-state index in [0.29, 0.717) is 9.90 Å². The molecule has 0 radical (unpaired) electrons. The fourth-order valence-corrected chi connectivity index (χ4v) is 2.62. The Morgan fingerprint density at radius 2 is 2.23 bits per heavy atom. The van der Waals surface area contributed by atoms with Crippen LogP contribution in [0.15, 0.2) is 23.1 Å². The van der Waals surface area contributed by atoms with Crippen molar-refractivity contribution >= 4 is 51.9 Å². The third-order valence-corrected chi connectivity index (χ3v) is 3.90. The van der Waals surface area contributed by atoms with E-state index in [0.717, 1.165) is 21.3 Å². The van der Waals surface area contributed by atoms with Crippen LogP contribution in [-0.2, 0) is 0 Å². The smallest absolute Gasteiger partial charge is 0.160 e. The Bertz CT molecular complexity index is 476. The molecule has 1 heterocycles. The maximum Gasteiger partial charge on any atom is 0.160 e. The second-order valence-electron chi connectivity index (χ2n) is 2.58. The molecule has 1 nitrogen and oxygen atoms in total. The number of thiol groups is 1. The van der Waals surface area contributed by atoms with Crippen molar-refractivity contribution in [3.8, 4) is 0 Å². The Hall–Kier alpha value is -0.510. The highest BCUT2D eigenvalue weighted by Crippen LogP contribution is 2.34. The van der Waals surface area contributed by atoms with Gasteiger partial charge in [-0.25, -0.2) is 0 Å². The molecule has 0 saturated heterocycles. The summed E-state index contributed by atoms with van der Waals surface area (Å²) in [7, 11) is 0. The number of aldehydes is 1. The van der Waals surface area contributed by atoms with E-state index in [2.05, 4.69) is 12.6 Å². The van der Waals surface area contributed by atoms with Gasteiger partial charge in [0.15, 0.2) is 6.29 Å². The molecule has 0 N–H and O–H groups in total. The van der Waals surface area contributed by atoms with E-state index in [1.54, 1.807) is 6.07 Å². The first-order chi connectivity index (χ1) is 6.22. The molecule has 0 fully saturated rings. The Kier molecular flexibility index (Phi) is 2.32. The molecule has 1 aromatic heterocycles. The number of rotatable bonds is 1. The number of hydrogen-bond donors (Lipinski definition) is 1. The number of hydrogen-bond acceptors (Lipinski definition) is 3. The quantitative estimate of drug-likeness (QED) is 0.582. The Morgan fingerprint density at radius 3 is 2.92 bits per heavy atom. The van der Waals surface area contributed by atoms with Gasteiger partial charge in [0.25, 0.3) is 0 Å². The highest BCUT2D eigenvalue weighted by atomic mass is 35.5. The molecule has 66 valence electrons. The van der Waals surface area contributed by atoms with Crippen LogP contribution >= 0.6 is 35.6 Å². The van der Waals surface area contributed by atoms with Crippen LogP contribution in [0.4, 0.5) is 0 Å². The zero-order valence-electron chi connectivity index (χ0n) is 6.45. The average molecular weight is 229 g/mol. The highest BCUT2D eigenvalue weighted by molar-refractivity contribution is 7.81. The summed E-state index contributed by atoms with van der Waals surface area (Å²) < 4.78 is 0.970. The molecule has 1 aromatic carbocycles. The number of benzene rings is 1. The minimum atomic E-state index is 0.620. The van der Waals surface area contributed by atoms with Crippen molar-refractivity contribution in [3.05, 3.63) is 28.1 Å². The molecule has 0 spiro atoms. The molecule has 0 aliphatic heterocycles. The Morgan fingerprint density at radius 1 is 1.46 bits per heavy atom. The van der Waals surface area contributed by atoms with Crippen molar-refractivity contribution in [2.75, 3.05) is 0 Å². The summed E-state index contributed by atoms with van der Waals surface area (Å²) in [5.41, 5.74) is 0. The topological polar surface area (TPSA) is 17.1 Å². The first kappa shape index (κ1) is 9.06. The van der Waals surface area contributed by atoms with Crippen LogP contribution in [0.3, 0.4) is 0 Å². The van der Waals surface area contributed by atoms with Gasteiger partial charge < -0.3 is 0 Å². The largest absolute Gasteiger partial charge is 0.297 e. The summed E-state index contributed by atoms with van der Waals surface area (Å²) >= 11 is 11.6. The molecule has 0 amide bonds. The standard InChI is InChI=1S/C9H5ClOS2/c10-7-2-1-5-3-6(4-11)13-9(5)8(7)12/h1-4,12H. The molecule has 13 heavy (non-hydrogen) atoms. The van der Waals surface area contributed by atoms with Gasteiger partial charge >= 0.3 is 0 Å². The van der Waals surface area contributed by atoms with E-state index in [9.17, 15) is 4.79 Å². The molecule has 2 aromatic rings. The lowest BCUT2D eigenvalue weighted by Gasteiger charge is -1.96. The minimum absolute atomic E-state index is 0.620. The van der Waals surface area contributed by atoms with Crippen LogP contribution in [0.5, 0.6) is 0 Å². The minimum Gasteiger partial charge on any atom is -0.297 e. The summed E-state index contributed by atoms with van der Waals surface area (Å²) in [5.74, 6) is 0. The van der Waals surface area contributed by atoms with Crippen LogP contribution < -0.4 is 0 Å². The van der Waals surface area contributed by atoms with E-state index in [1.807, 2.05) is 12.1 Å². The first-order valence-electron chi connectivity index (χ1n) is 3.58. The van der Waals surface area contributed by atoms with E-state index in [4.69, 9.17) is 11.6 Å². The monoisotopic (exact) mass is 228 g/mol. The van der Waals surface area contributed by atoms with Gasteiger partial charge in [0.05, 0.1) is 9.90 Å². The van der Waals surface area contributed by atoms with Gasteiger partial charge in [0.2, 0.25) is 0 Å². The fourth-order valence-electron chi connectivity index (χ4n) is 1.14. The SMILES string of the molecule is O=Cc1cc2ccc(Cl)c(S)c2s1. The molecule has 4 heteroatoms. The molecule has 0 aliphatic carbocycles. The predicted octanol–water partition coefficient (Wildman–Crippen LogP) is 3.66. The molecule has 0 atom stereocenters.